The summed E-state index contributed by atoms with van der Waals surface area (Å²) in [5.74, 6) is 0.0857. The summed E-state index contributed by atoms with van der Waals surface area (Å²) in [5, 5.41) is 35.8. The van der Waals surface area contributed by atoms with Gasteiger partial charge in [0.2, 0.25) is 17.1 Å². The first-order valence-electron chi connectivity index (χ1n) is 8.61. The molecule has 1 aromatic heterocycles. The van der Waals surface area contributed by atoms with Crippen molar-refractivity contribution in [2.24, 2.45) is 10.2 Å². The number of aliphatic hydroxyl groups excluding tert-OH is 1. The Bertz CT molecular complexity index is 1080. The van der Waals surface area contributed by atoms with Crippen molar-refractivity contribution in [2.45, 2.75) is 6.92 Å². The molecule has 0 aliphatic carbocycles. The number of ether oxygens (including phenoxy) is 1. The summed E-state index contributed by atoms with van der Waals surface area (Å²) in [7, 11) is 1.47. The number of para-hydroxylation sites is 1. The Balaban J connectivity index is 0.000000365. The van der Waals surface area contributed by atoms with Gasteiger partial charge in [0.1, 0.15) is 5.76 Å². The van der Waals surface area contributed by atoms with E-state index in [0.717, 1.165) is 17.4 Å². The van der Waals surface area contributed by atoms with Crippen LogP contribution in [0.3, 0.4) is 0 Å². The van der Waals surface area contributed by atoms with E-state index in [1.54, 1.807) is 42.5 Å². The van der Waals surface area contributed by atoms with Gasteiger partial charge in [-0.1, -0.05) is 24.3 Å². The third kappa shape index (κ3) is 7.92. The molecule has 2 aromatic carbocycles. The number of phenols is 1. The van der Waals surface area contributed by atoms with Crippen molar-refractivity contribution in [3.05, 3.63) is 88.0 Å². The maximum absolute atomic E-state index is 10.5. The number of hydrogen-bond donors (Lipinski definition) is 3. The molecule has 161 valence electrons. The number of rotatable bonds is 4. The van der Waals surface area contributed by atoms with Gasteiger partial charge in [-0.15, -0.1) is 5.10 Å². The molecular formula is C21H20N2O7V. The van der Waals surface area contributed by atoms with Crippen molar-refractivity contribution in [1.29, 1.82) is 0 Å². The fourth-order valence-corrected chi connectivity index (χ4v) is 2.11. The molecule has 0 saturated carbocycles. The normalized spacial score (nSPS) is 10.4. The fourth-order valence-electron chi connectivity index (χ4n) is 2.11. The van der Waals surface area contributed by atoms with Gasteiger partial charge in [0, 0.05) is 17.2 Å². The average molecular weight is 463 g/mol. The van der Waals surface area contributed by atoms with E-state index in [1.165, 1.54) is 32.6 Å². The van der Waals surface area contributed by atoms with Gasteiger partial charge in [0.25, 0.3) is 0 Å². The molecule has 3 aromatic rings. The third-order valence-electron chi connectivity index (χ3n) is 3.66. The number of aromatic hydroxyl groups is 2. The number of aliphatic hydroxyl groups is 1. The summed E-state index contributed by atoms with van der Waals surface area (Å²) in [6.45, 7) is 1.52. The topological polar surface area (TPSA) is 142 Å². The van der Waals surface area contributed by atoms with Crippen LogP contribution in [0.5, 0.6) is 17.2 Å². The van der Waals surface area contributed by atoms with Crippen LogP contribution in [0, 0.1) is 6.92 Å². The van der Waals surface area contributed by atoms with Gasteiger partial charge in [-0.05, 0) is 31.2 Å². The van der Waals surface area contributed by atoms with Crippen LogP contribution < -0.4 is 10.2 Å². The molecule has 1 heterocycles. The van der Waals surface area contributed by atoms with Crippen molar-refractivity contribution in [3.63, 3.8) is 0 Å². The zero-order valence-corrected chi connectivity index (χ0v) is 18.1. The van der Waals surface area contributed by atoms with Crippen molar-refractivity contribution < 1.29 is 45.5 Å². The third-order valence-corrected chi connectivity index (χ3v) is 3.66. The SMILES string of the molecule is COc1cccc(/C=N/N=C(\O)c2ccccc2)c1O.Cc1occc(=O)c1O.[O]=[V]. The molecule has 0 aliphatic rings. The molecule has 0 aliphatic heterocycles. The molecule has 3 rings (SSSR count). The van der Waals surface area contributed by atoms with E-state index in [-0.39, 0.29) is 23.2 Å². The van der Waals surface area contributed by atoms with Crippen LogP contribution in [0.4, 0.5) is 0 Å². The molecule has 0 atom stereocenters. The first kappa shape index (κ1) is 25.4. The standard InChI is InChI=1S/C15H14N2O3.C6H6O3.O.V/c1-20-13-9-5-8-12(14(13)18)10-16-17-15(19)11-6-3-2-4-7-11;1-4-6(8)5(7)2-3-9-4;;/h2-10,18H,1H3,(H,17,19);2-3,8H,1H3;;/b16-10+;;;. The molecule has 0 spiro atoms. The van der Waals surface area contributed by atoms with Crippen LogP contribution in [0.1, 0.15) is 16.9 Å². The molecule has 10 heteroatoms. The summed E-state index contributed by atoms with van der Waals surface area (Å²) < 4.78 is 17.9. The predicted octanol–water partition coefficient (Wildman–Crippen LogP) is 3.27. The van der Waals surface area contributed by atoms with Crippen LogP contribution in [0.2, 0.25) is 0 Å². The van der Waals surface area contributed by atoms with Gasteiger partial charge in [0.15, 0.2) is 11.5 Å². The average Bonchev–Trinajstić information content (AvgIpc) is 2.81. The maximum atomic E-state index is 10.5. The van der Waals surface area contributed by atoms with Crippen molar-refractivity contribution in [2.75, 3.05) is 7.11 Å². The minimum absolute atomic E-state index is 0.0202. The van der Waals surface area contributed by atoms with Crippen LogP contribution in [-0.2, 0) is 21.0 Å². The summed E-state index contributed by atoms with van der Waals surface area (Å²) in [4.78, 5) is 10.5. The number of methoxy groups -OCH3 is 1. The second kappa shape index (κ2) is 13.5. The van der Waals surface area contributed by atoms with E-state index in [1.807, 2.05) is 6.07 Å². The van der Waals surface area contributed by atoms with E-state index in [4.69, 9.17) is 13.5 Å². The monoisotopic (exact) mass is 463 g/mol. The molecule has 0 fully saturated rings. The summed E-state index contributed by atoms with van der Waals surface area (Å²) in [5.41, 5.74) is 0.618. The number of benzene rings is 2. The molecule has 0 unspecified atom stereocenters. The predicted molar refractivity (Wildman–Crippen MR) is 110 cm³/mol. The summed E-state index contributed by atoms with van der Waals surface area (Å²) in [6, 6.07) is 15.1. The molecule has 0 bridgehead atoms. The molecular weight excluding hydrogens is 443 g/mol. The van der Waals surface area contributed by atoms with E-state index in [2.05, 4.69) is 14.6 Å². The minimum atomic E-state index is -0.404. The van der Waals surface area contributed by atoms with Crippen molar-refractivity contribution in [3.8, 4) is 17.2 Å². The number of hydrogen-bond acceptors (Lipinski definition) is 8. The number of phenolic OH excluding ortho intramolecular Hbond substituents is 1. The number of aryl methyl sites for hydroxylation is 1. The first-order chi connectivity index (χ1) is 14.9. The van der Waals surface area contributed by atoms with Crippen LogP contribution in [0.25, 0.3) is 0 Å². The van der Waals surface area contributed by atoms with Gasteiger partial charge in [-0.2, -0.15) is 5.10 Å². The van der Waals surface area contributed by atoms with Gasteiger partial charge in [-0.25, -0.2) is 0 Å². The Morgan fingerprint density at radius 1 is 1.03 bits per heavy atom. The first-order valence-corrected chi connectivity index (χ1v) is 9.18. The zero-order chi connectivity index (χ0) is 23.2. The Morgan fingerprint density at radius 2 is 1.71 bits per heavy atom. The second-order valence-electron chi connectivity index (χ2n) is 5.62. The summed E-state index contributed by atoms with van der Waals surface area (Å²) in [6.07, 6.45) is 2.59. The van der Waals surface area contributed by atoms with Crippen LogP contribution in [0.15, 0.2) is 80.3 Å². The molecule has 0 saturated heterocycles. The van der Waals surface area contributed by atoms with E-state index in [9.17, 15) is 15.0 Å². The molecule has 0 radical (unpaired) electrons. The Morgan fingerprint density at radius 3 is 2.29 bits per heavy atom. The second-order valence-corrected chi connectivity index (χ2v) is 5.62. The molecule has 3 N–H and O–H groups in total. The number of nitrogens with zero attached hydrogens (tertiary/aromatic N) is 2. The van der Waals surface area contributed by atoms with Gasteiger partial charge in [-0.3, -0.25) is 4.79 Å². The van der Waals surface area contributed by atoms with Gasteiger partial charge >= 0.3 is 21.0 Å². The van der Waals surface area contributed by atoms with Crippen molar-refractivity contribution in [1.82, 2.24) is 0 Å². The zero-order valence-electron chi connectivity index (χ0n) is 16.7. The Hall–Kier alpha value is -3.69. The fraction of sp³-hybridized carbons (Fsp3) is 0.0952. The van der Waals surface area contributed by atoms with Crippen LogP contribution in [-0.4, -0.2) is 34.5 Å². The Labute approximate surface area is 187 Å². The molecule has 9 nitrogen and oxygen atoms in total. The van der Waals surface area contributed by atoms with E-state index in [0.29, 0.717) is 16.9 Å². The van der Waals surface area contributed by atoms with Gasteiger partial charge < -0.3 is 24.5 Å². The van der Waals surface area contributed by atoms with E-state index < -0.39 is 5.43 Å². The van der Waals surface area contributed by atoms with Gasteiger partial charge in [0.05, 0.1) is 19.6 Å². The van der Waals surface area contributed by atoms with Crippen molar-refractivity contribution >= 4 is 12.1 Å². The Kier molecular flexibility index (Phi) is 11.1. The van der Waals surface area contributed by atoms with Crippen LogP contribution >= 0.6 is 0 Å². The van der Waals surface area contributed by atoms with E-state index >= 15 is 0 Å². The molecule has 31 heavy (non-hydrogen) atoms. The molecule has 0 amide bonds. The quantitative estimate of drug-likeness (QED) is 0.306. The summed E-state index contributed by atoms with van der Waals surface area (Å²) >= 11 is 1.06.